The van der Waals surface area contributed by atoms with Gasteiger partial charge in [0.05, 0.1) is 10.9 Å². The van der Waals surface area contributed by atoms with Crippen LogP contribution >= 0.6 is 23.1 Å². The minimum Gasteiger partial charge on any atom is -0.309 e. The molecular weight excluding hydrogens is 284 g/mol. The van der Waals surface area contributed by atoms with Crippen LogP contribution in [0.3, 0.4) is 0 Å². The molecule has 0 radical (unpaired) electrons. The van der Waals surface area contributed by atoms with Crippen LogP contribution in [-0.2, 0) is 13.0 Å². The normalized spacial score (nSPS) is 23.4. The number of hydrogen-bond donors (Lipinski definition) is 1. The zero-order valence-corrected chi connectivity index (χ0v) is 14.3. The van der Waals surface area contributed by atoms with Gasteiger partial charge in [-0.3, -0.25) is 0 Å². The molecule has 4 heteroatoms. The molecule has 1 unspecified atom stereocenters. The van der Waals surface area contributed by atoms with E-state index in [0.29, 0.717) is 11.2 Å². The number of thiazole rings is 1. The average Bonchev–Trinajstić information content (AvgIpc) is 3.19. The monoisotopic (exact) mass is 310 g/mol. The molecule has 1 N–H and O–H groups in total. The van der Waals surface area contributed by atoms with E-state index in [2.05, 4.69) is 30.9 Å². The van der Waals surface area contributed by atoms with Crippen LogP contribution in [-0.4, -0.2) is 16.8 Å². The third kappa shape index (κ3) is 3.99. The van der Waals surface area contributed by atoms with Gasteiger partial charge in [0.1, 0.15) is 5.01 Å². The molecule has 2 fully saturated rings. The maximum atomic E-state index is 5.03. The fourth-order valence-electron chi connectivity index (χ4n) is 2.69. The fourth-order valence-corrected chi connectivity index (χ4v) is 5.28. The Morgan fingerprint density at radius 2 is 2.10 bits per heavy atom. The zero-order chi connectivity index (χ0) is 13.9. The molecule has 2 heterocycles. The van der Waals surface area contributed by atoms with Crippen molar-refractivity contribution < 1.29 is 0 Å². The predicted molar refractivity (Wildman–Crippen MR) is 89.6 cm³/mol. The summed E-state index contributed by atoms with van der Waals surface area (Å²) < 4.78 is 0. The van der Waals surface area contributed by atoms with Crippen molar-refractivity contribution in [3.8, 4) is 0 Å². The molecule has 3 rings (SSSR count). The van der Waals surface area contributed by atoms with Crippen LogP contribution in [0.25, 0.3) is 0 Å². The lowest BCUT2D eigenvalue weighted by atomic mass is 10.1. The van der Waals surface area contributed by atoms with Crippen molar-refractivity contribution in [3.63, 3.8) is 0 Å². The maximum Gasteiger partial charge on any atom is 0.106 e. The number of aromatic nitrogens is 1. The Morgan fingerprint density at radius 1 is 1.25 bits per heavy atom. The average molecular weight is 311 g/mol. The first-order chi connectivity index (χ1) is 9.72. The van der Waals surface area contributed by atoms with Gasteiger partial charge in [0.15, 0.2) is 0 Å². The predicted octanol–water partition coefficient (Wildman–Crippen LogP) is 4.55. The SMILES string of the molecule is CC(C)Cc1nc(C2CCCCS2)sc1CNC1CC1. The Labute approximate surface area is 131 Å². The molecule has 2 nitrogen and oxygen atoms in total. The first-order valence-electron chi connectivity index (χ1n) is 8.06. The van der Waals surface area contributed by atoms with Gasteiger partial charge in [0.2, 0.25) is 0 Å². The molecule has 1 aliphatic carbocycles. The summed E-state index contributed by atoms with van der Waals surface area (Å²) in [6, 6.07) is 0.788. The summed E-state index contributed by atoms with van der Waals surface area (Å²) in [5, 5.41) is 5.74. The highest BCUT2D eigenvalue weighted by molar-refractivity contribution is 7.99. The van der Waals surface area contributed by atoms with Crippen molar-refractivity contribution in [2.24, 2.45) is 5.92 Å². The second kappa shape index (κ2) is 6.80. The van der Waals surface area contributed by atoms with Crippen LogP contribution in [0.4, 0.5) is 0 Å². The van der Waals surface area contributed by atoms with Crippen LogP contribution in [0.2, 0.25) is 0 Å². The largest absolute Gasteiger partial charge is 0.309 e. The van der Waals surface area contributed by atoms with E-state index < -0.39 is 0 Å². The summed E-state index contributed by atoms with van der Waals surface area (Å²) in [6.07, 6.45) is 7.96. The second-order valence-electron chi connectivity index (χ2n) is 6.53. The maximum absolute atomic E-state index is 5.03. The van der Waals surface area contributed by atoms with Crippen molar-refractivity contribution in [2.75, 3.05) is 5.75 Å². The van der Waals surface area contributed by atoms with Crippen molar-refractivity contribution in [1.82, 2.24) is 10.3 Å². The van der Waals surface area contributed by atoms with E-state index in [9.17, 15) is 0 Å². The lowest BCUT2D eigenvalue weighted by molar-refractivity contribution is 0.620. The Hall–Kier alpha value is -0.0600. The standard InChI is InChI=1S/C16H26N2S2/c1-11(2)9-13-15(10-17-12-6-7-12)20-16(18-13)14-5-3-4-8-19-14/h11-12,14,17H,3-10H2,1-2H3. The lowest BCUT2D eigenvalue weighted by Gasteiger charge is -2.18. The number of hydrogen-bond acceptors (Lipinski definition) is 4. The van der Waals surface area contributed by atoms with Gasteiger partial charge in [-0.15, -0.1) is 11.3 Å². The zero-order valence-electron chi connectivity index (χ0n) is 12.7. The molecule has 1 saturated heterocycles. The van der Waals surface area contributed by atoms with Gasteiger partial charge < -0.3 is 5.32 Å². The quantitative estimate of drug-likeness (QED) is 0.834. The van der Waals surface area contributed by atoms with Crippen LogP contribution in [0, 0.1) is 5.92 Å². The number of rotatable bonds is 6. The van der Waals surface area contributed by atoms with Crippen molar-refractivity contribution >= 4 is 23.1 Å². The van der Waals surface area contributed by atoms with Crippen molar-refractivity contribution in [2.45, 2.75) is 70.2 Å². The van der Waals surface area contributed by atoms with E-state index in [1.807, 2.05) is 11.3 Å². The molecule has 112 valence electrons. The van der Waals surface area contributed by atoms with Gasteiger partial charge in [-0.1, -0.05) is 20.3 Å². The summed E-state index contributed by atoms with van der Waals surface area (Å²) in [4.78, 5) is 6.54. The third-order valence-electron chi connectivity index (χ3n) is 3.98. The minimum atomic E-state index is 0.675. The molecule has 20 heavy (non-hydrogen) atoms. The van der Waals surface area contributed by atoms with Gasteiger partial charge in [-0.05, 0) is 43.8 Å². The summed E-state index contributed by atoms with van der Waals surface area (Å²) in [5.41, 5.74) is 1.37. The molecule has 1 aromatic rings. The van der Waals surface area contributed by atoms with Gasteiger partial charge in [-0.2, -0.15) is 11.8 Å². The molecule has 0 bridgehead atoms. The molecule has 2 aliphatic rings. The first-order valence-corrected chi connectivity index (χ1v) is 9.92. The third-order valence-corrected chi connectivity index (χ3v) is 6.73. The fraction of sp³-hybridized carbons (Fsp3) is 0.812. The lowest BCUT2D eigenvalue weighted by Crippen LogP contribution is -2.15. The molecule has 0 aromatic carbocycles. The Morgan fingerprint density at radius 3 is 2.75 bits per heavy atom. The van der Waals surface area contributed by atoms with E-state index >= 15 is 0 Å². The number of nitrogens with one attached hydrogen (secondary N) is 1. The molecular formula is C16H26N2S2. The number of thioether (sulfide) groups is 1. The summed E-state index contributed by atoms with van der Waals surface area (Å²) in [6.45, 7) is 5.64. The van der Waals surface area contributed by atoms with Gasteiger partial charge in [-0.25, -0.2) is 4.98 Å². The second-order valence-corrected chi connectivity index (χ2v) is 8.96. The van der Waals surface area contributed by atoms with Crippen LogP contribution in [0.15, 0.2) is 0 Å². The molecule has 1 aliphatic heterocycles. The molecule has 1 saturated carbocycles. The Balaban J connectivity index is 1.72. The van der Waals surface area contributed by atoms with Crippen molar-refractivity contribution in [3.05, 3.63) is 15.6 Å². The summed E-state index contributed by atoms with van der Waals surface area (Å²) >= 11 is 4.10. The van der Waals surface area contributed by atoms with E-state index in [1.165, 1.54) is 53.4 Å². The van der Waals surface area contributed by atoms with Gasteiger partial charge in [0.25, 0.3) is 0 Å². The summed E-state index contributed by atoms with van der Waals surface area (Å²) in [7, 11) is 0. The molecule has 1 atom stereocenters. The van der Waals surface area contributed by atoms with E-state index in [0.717, 1.165) is 19.0 Å². The van der Waals surface area contributed by atoms with Crippen LogP contribution < -0.4 is 5.32 Å². The highest BCUT2D eigenvalue weighted by atomic mass is 32.2. The van der Waals surface area contributed by atoms with E-state index in [4.69, 9.17) is 4.98 Å². The van der Waals surface area contributed by atoms with Crippen LogP contribution in [0.5, 0.6) is 0 Å². The van der Waals surface area contributed by atoms with E-state index in [1.54, 1.807) is 0 Å². The minimum absolute atomic E-state index is 0.675. The van der Waals surface area contributed by atoms with E-state index in [-0.39, 0.29) is 0 Å². The first kappa shape index (κ1) is 14.9. The topological polar surface area (TPSA) is 24.9 Å². The van der Waals surface area contributed by atoms with Gasteiger partial charge in [0, 0.05) is 17.5 Å². The summed E-state index contributed by atoms with van der Waals surface area (Å²) in [5.74, 6) is 2.02. The molecule has 0 spiro atoms. The highest BCUT2D eigenvalue weighted by Gasteiger charge is 2.24. The Bertz CT molecular complexity index is 432. The van der Waals surface area contributed by atoms with Crippen LogP contribution in [0.1, 0.15) is 66.8 Å². The Kier molecular flexibility index (Phi) is 5.05. The smallest absolute Gasteiger partial charge is 0.106 e. The van der Waals surface area contributed by atoms with Crippen molar-refractivity contribution in [1.29, 1.82) is 0 Å². The molecule has 0 amide bonds. The molecule has 1 aromatic heterocycles. The number of nitrogens with zero attached hydrogens (tertiary/aromatic N) is 1. The highest BCUT2D eigenvalue weighted by Crippen LogP contribution is 2.41. The van der Waals surface area contributed by atoms with Gasteiger partial charge >= 0.3 is 0 Å².